The van der Waals surface area contributed by atoms with Crippen LogP contribution in [0.25, 0.3) is 0 Å². The van der Waals surface area contributed by atoms with E-state index in [9.17, 15) is 4.79 Å². The van der Waals surface area contributed by atoms with Crippen LogP contribution in [0.1, 0.15) is 39.2 Å². The van der Waals surface area contributed by atoms with Crippen LogP contribution in [-0.2, 0) is 11.3 Å². The second-order valence-electron chi connectivity index (χ2n) is 6.08. The molecular weight excluding hydrogens is 342 g/mol. The summed E-state index contributed by atoms with van der Waals surface area (Å²) in [6.07, 6.45) is 1.81. The van der Waals surface area contributed by atoms with Crippen LogP contribution in [0, 0.1) is 0 Å². The SMILES string of the molecule is CC(C)(C)OC(=O)N(Cc1ccc(Br)cc1Cl)C1CC1. The Bertz CT molecular complexity index is 509. The molecule has 0 saturated heterocycles. The standard InChI is InChI=1S/C15H19BrClNO2/c1-15(2,3)20-14(19)18(12-6-7-12)9-10-4-5-11(16)8-13(10)17/h4-5,8,12H,6-7,9H2,1-3H3. The largest absolute Gasteiger partial charge is 0.444 e. The van der Waals surface area contributed by atoms with Crippen molar-refractivity contribution in [1.29, 1.82) is 0 Å². The smallest absolute Gasteiger partial charge is 0.410 e. The molecule has 1 aliphatic carbocycles. The molecule has 0 aliphatic heterocycles. The molecule has 1 aromatic carbocycles. The van der Waals surface area contributed by atoms with Gasteiger partial charge in [-0.05, 0) is 51.3 Å². The fourth-order valence-electron chi connectivity index (χ4n) is 1.88. The van der Waals surface area contributed by atoms with E-state index in [1.165, 1.54) is 0 Å². The third kappa shape index (κ3) is 4.38. The van der Waals surface area contributed by atoms with E-state index in [1.807, 2.05) is 39.0 Å². The van der Waals surface area contributed by atoms with Gasteiger partial charge >= 0.3 is 6.09 Å². The minimum absolute atomic E-state index is 0.265. The van der Waals surface area contributed by atoms with Crippen LogP contribution in [-0.4, -0.2) is 22.6 Å². The van der Waals surface area contributed by atoms with Crippen molar-refractivity contribution < 1.29 is 9.53 Å². The molecule has 3 nitrogen and oxygen atoms in total. The first-order valence-electron chi connectivity index (χ1n) is 6.70. The van der Waals surface area contributed by atoms with Crippen LogP contribution >= 0.6 is 27.5 Å². The molecule has 0 spiro atoms. The summed E-state index contributed by atoms with van der Waals surface area (Å²) in [5.74, 6) is 0. The van der Waals surface area contributed by atoms with Gasteiger partial charge in [-0.3, -0.25) is 0 Å². The van der Waals surface area contributed by atoms with Gasteiger partial charge in [0.2, 0.25) is 0 Å². The van der Waals surface area contributed by atoms with Crippen molar-refractivity contribution in [2.45, 2.75) is 51.8 Å². The van der Waals surface area contributed by atoms with E-state index < -0.39 is 5.60 Å². The van der Waals surface area contributed by atoms with Crippen LogP contribution < -0.4 is 0 Å². The number of nitrogens with zero attached hydrogens (tertiary/aromatic N) is 1. The lowest BCUT2D eigenvalue weighted by molar-refractivity contribution is 0.0217. The summed E-state index contributed by atoms with van der Waals surface area (Å²) >= 11 is 9.61. The zero-order chi connectivity index (χ0) is 14.9. The topological polar surface area (TPSA) is 29.5 Å². The lowest BCUT2D eigenvalue weighted by Crippen LogP contribution is -2.37. The van der Waals surface area contributed by atoms with Crippen LogP contribution in [0.3, 0.4) is 0 Å². The number of ether oxygens (including phenoxy) is 1. The van der Waals surface area contributed by atoms with Crippen LogP contribution in [0.4, 0.5) is 4.79 Å². The second-order valence-corrected chi connectivity index (χ2v) is 7.40. The number of carbonyl (C=O) groups is 1. The fourth-order valence-corrected chi connectivity index (χ4v) is 2.62. The molecule has 0 bridgehead atoms. The first kappa shape index (κ1) is 15.6. The van der Waals surface area contributed by atoms with Crippen molar-refractivity contribution in [3.05, 3.63) is 33.3 Å². The molecule has 0 radical (unpaired) electrons. The van der Waals surface area contributed by atoms with Crippen molar-refractivity contribution in [3.8, 4) is 0 Å². The summed E-state index contributed by atoms with van der Waals surface area (Å²) in [6, 6.07) is 5.99. The van der Waals surface area contributed by atoms with Gasteiger partial charge in [-0.25, -0.2) is 4.79 Å². The maximum Gasteiger partial charge on any atom is 0.410 e. The summed E-state index contributed by atoms with van der Waals surface area (Å²) in [7, 11) is 0. The minimum Gasteiger partial charge on any atom is -0.444 e. The van der Waals surface area contributed by atoms with Crippen LogP contribution in [0.2, 0.25) is 5.02 Å². The van der Waals surface area contributed by atoms with Gasteiger partial charge in [0.1, 0.15) is 5.60 Å². The Kier molecular flexibility index (Phi) is 4.65. The quantitative estimate of drug-likeness (QED) is 0.759. The van der Waals surface area contributed by atoms with Gasteiger partial charge in [-0.1, -0.05) is 33.6 Å². The summed E-state index contributed by atoms with van der Waals surface area (Å²) in [4.78, 5) is 14.1. The molecular formula is C15H19BrClNO2. The molecule has 1 fully saturated rings. The van der Waals surface area contributed by atoms with E-state index in [0.29, 0.717) is 11.6 Å². The zero-order valence-electron chi connectivity index (χ0n) is 12.0. The summed E-state index contributed by atoms with van der Waals surface area (Å²) in [6.45, 7) is 6.12. The third-order valence-corrected chi connectivity index (χ3v) is 3.82. The Morgan fingerprint density at radius 1 is 1.45 bits per heavy atom. The number of hydrogen-bond acceptors (Lipinski definition) is 2. The highest BCUT2D eigenvalue weighted by atomic mass is 79.9. The zero-order valence-corrected chi connectivity index (χ0v) is 14.3. The molecule has 1 saturated carbocycles. The van der Waals surface area contributed by atoms with Gasteiger partial charge in [0.25, 0.3) is 0 Å². The Morgan fingerprint density at radius 2 is 2.10 bits per heavy atom. The number of carbonyl (C=O) groups excluding carboxylic acids is 1. The average molecular weight is 361 g/mol. The van der Waals surface area contributed by atoms with Gasteiger partial charge in [0.15, 0.2) is 0 Å². The molecule has 0 atom stereocenters. The first-order valence-corrected chi connectivity index (χ1v) is 7.87. The Labute approximate surface area is 133 Å². The Balaban J connectivity index is 2.11. The van der Waals surface area contributed by atoms with Crippen molar-refractivity contribution in [3.63, 3.8) is 0 Å². The van der Waals surface area contributed by atoms with Gasteiger partial charge in [0, 0.05) is 15.5 Å². The molecule has 5 heteroatoms. The molecule has 0 aromatic heterocycles. The van der Waals surface area contributed by atoms with Gasteiger partial charge in [-0.2, -0.15) is 0 Å². The molecule has 0 unspecified atom stereocenters. The molecule has 2 rings (SSSR count). The highest BCUT2D eigenvalue weighted by Gasteiger charge is 2.35. The summed E-state index contributed by atoms with van der Waals surface area (Å²) < 4.78 is 6.40. The highest BCUT2D eigenvalue weighted by Crippen LogP contribution is 2.31. The van der Waals surface area contributed by atoms with Crippen molar-refractivity contribution in [2.24, 2.45) is 0 Å². The normalized spacial score (nSPS) is 15.1. The fraction of sp³-hybridized carbons (Fsp3) is 0.533. The number of rotatable bonds is 3. The number of halogens is 2. The number of amides is 1. The monoisotopic (exact) mass is 359 g/mol. The Hall–Kier alpha value is -0.740. The predicted octanol–water partition coefficient (Wildman–Crippen LogP) is 5.00. The summed E-state index contributed by atoms with van der Waals surface area (Å²) in [5, 5.41) is 0.661. The molecule has 1 aliphatic rings. The highest BCUT2D eigenvalue weighted by molar-refractivity contribution is 9.10. The van der Waals surface area contributed by atoms with Gasteiger partial charge in [-0.15, -0.1) is 0 Å². The maximum absolute atomic E-state index is 12.3. The minimum atomic E-state index is -0.478. The Morgan fingerprint density at radius 3 is 2.60 bits per heavy atom. The van der Waals surface area contributed by atoms with E-state index >= 15 is 0 Å². The molecule has 110 valence electrons. The molecule has 20 heavy (non-hydrogen) atoms. The average Bonchev–Trinajstić information content (AvgIpc) is 3.09. The van der Waals surface area contributed by atoms with Crippen LogP contribution in [0.5, 0.6) is 0 Å². The lowest BCUT2D eigenvalue weighted by Gasteiger charge is -2.27. The molecule has 1 amide bonds. The van der Waals surface area contributed by atoms with E-state index in [1.54, 1.807) is 4.90 Å². The van der Waals surface area contributed by atoms with E-state index in [2.05, 4.69) is 15.9 Å². The predicted molar refractivity (Wildman–Crippen MR) is 84.0 cm³/mol. The first-order chi connectivity index (χ1) is 9.26. The van der Waals surface area contributed by atoms with Gasteiger partial charge < -0.3 is 9.64 Å². The maximum atomic E-state index is 12.3. The van der Waals surface area contributed by atoms with Gasteiger partial charge in [0.05, 0.1) is 6.54 Å². The van der Waals surface area contributed by atoms with Crippen molar-refractivity contribution in [1.82, 2.24) is 4.90 Å². The van der Waals surface area contributed by atoms with Crippen molar-refractivity contribution >= 4 is 33.6 Å². The van der Waals surface area contributed by atoms with Crippen LogP contribution in [0.15, 0.2) is 22.7 Å². The van der Waals surface area contributed by atoms with Crippen molar-refractivity contribution in [2.75, 3.05) is 0 Å². The molecule has 0 N–H and O–H groups in total. The second kappa shape index (κ2) is 5.94. The van der Waals surface area contributed by atoms with E-state index in [0.717, 1.165) is 22.9 Å². The molecule has 0 heterocycles. The van der Waals surface area contributed by atoms with E-state index in [4.69, 9.17) is 16.3 Å². The third-order valence-electron chi connectivity index (χ3n) is 2.97. The summed E-state index contributed by atoms with van der Waals surface area (Å²) in [5.41, 5.74) is 0.459. The lowest BCUT2D eigenvalue weighted by atomic mass is 10.2. The van der Waals surface area contributed by atoms with E-state index in [-0.39, 0.29) is 12.1 Å². The number of hydrogen-bond donors (Lipinski definition) is 0. The molecule has 1 aromatic rings. The number of benzene rings is 1.